The van der Waals surface area contributed by atoms with Crippen molar-refractivity contribution in [3.8, 4) is 5.75 Å². The number of carbonyl (C=O) groups excluding carboxylic acids is 1. The number of benzene rings is 3. The molecule has 35 heavy (non-hydrogen) atoms. The van der Waals surface area contributed by atoms with Gasteiger partial charge in [0.25, 0.3) is 0 Å². The van der Waals surface area contributed by atoms with E-state index in [1.54, 1.807) is 13.0 Å². The van der Waals surface area contributed by atoms with Crippen LogP contribution in [0.1, 0.15) is 30.5 Å². The van der Waals surface area contributed by atoms with Gasteiger partial charge in [0.15, 0.2) is 0 Å². The molecule has 3 aromatic rings. The molecule has 0 bridgehead atoms. The predicted octanol–water partition coefficient (Wildman–Crippen LogP) is 4.14. The number of carbonyl (C=O) groups is 1. The lowest BCUT2D eigenvalue weighted by atomic mass is 9.96. The molecule has 0 aromatic heterocycles. The summed E-state index contributed by atoms with van der Waals surface area (Å²) in [7, 11) is -2.24. The zero-order valence-electron chi connectivity index (χ0n) is 20.1. The van der Waals surface area contributed by atoms with Gasteiger partial charge in [-0.2, -0.15) is 4.31 Å². The van der Waals surface area contributed by atoms with Gasteiger partial charge in [-0.15, -0.1) is 0 Å². The summed E-state index contributed by atoms with van der Waals surface area (Å²) < 4.78 is 33.7. The molecule has 1 aliphatic rings. The summed E-state index contributed by atoms with van der Waals surface area (Å²) in [5.74, 6) is 0.212. The van der Waals surface area contributed by atoms with Crippen molar-refractivity contribution in [1.29, 1.82) is 0 Å². The first kappa shape index (κ1) is 24.9. The highest BCUT2D eigenvalue weighted by molar-refractivity contribution is 7.89. The third-order valence-electron chi connectivity index (χ3n) is 6.27. The molecule has 1 aliphatic heterocycles. The SMILES string of the molecule is CCC(=O)Nc1cc(S(=O)(=O)N2CCN(C(c3ccccc3)c3ccccc3)CC2)ccc1OC. The van der Waals surface area contributed by atoms with E-state index < -0.39 is 10.0 Å². The van der Waals surface area contributed by atoms with Crippen LogP contribution in [0.5, 0.6) is 5.75 Å². The van der Waals surface area contributed by atoms with Gasteiger partial charge in [0.2, 0.25) is 15.9 Å². The molecule has 7 nitrogen and oxygen atoms in total. The van der Waals surface area contributed by atoms with Crippen LogP contribution in [0, 0.1) is 0 Å². The maximum Gasteiger partial charge on any atom is 0.243 e. The molecule has 4 rings (SSSR count). The minimum Gasteiger partial charge on any atom is -0.495 e. The number of ether oxygens (including phenoxy) is 1. The first-order valence-corrected chi connectivity index (χ1v) is 13.2. The van der Waals surface area contributed by atoms with Crippen molar-refractivity contribution in [3.05, 3.63) is 90.0 Å². The van der Waals surface area contributed by atoms with Crippen LogP contribution in [-0.2, 0) is 14.8 Å². The fraction of sp³-hybridized carbons (Fsp3) is 0.296. The Balaban J connectivity index is 1.54. The third-order valence-corrected chi connectivity index (χ3v) is 8.17. The Morgan fingerprint density at radius 3 is 2.00 bits per heavy atom. The van der Waals surface area contributed by atoms with Gasteiger partial charge < -0.3 is 10.1 Å². The van der Waals surface area contributed by atoms with Crippen molar-refractivity contribution < 1.29 is 17.9 Å². The van der Waals surface area contributed by atoms with Crippen molar-refractivity contribution in [2.75, 3.05) is 38.6 Å². The lowest BCUT2D eigenvalue weighted by Crippen LogP contribution is -2.49. The molecule has 1 amide bonds. The average Bonchev–Trinajstić information content (AvgIpc) is 2.90. The maximum absolute atomic E-state index is 13.5. The minimum absolute atomic E-state index is 0.0547. The monoisotopic (exact) mass is 493 g/mol. The van der Waals surface area contributed by atoms with Crippen molar-refractivity contribution >= 4 is 21.6 Å². The topological polar surface area (TPSA) is 79.0 Å². The Morgan fingerprint density at radius 2 is 1.49 bits per heavy atom. The zero-order valence-corrected chi connectivity index (χ0v) is 20.9. The van der Waals surface area contributed by atoms with Gasteiger partial charge in [0.1, 0.15) is 5.75 Å². The molecule has 0 saturated carbocycles. The number of amides is 1. The molecule has 3 aromatic carbocycles. The number of methoxy groups -OCH3 is 1. The molecule has 0 unspecified atom stereocenters. The number of sulfonamides is 1. The summed E-state index contributed by atoms with van der Waals surface area (Å²) in [6, 6.07) is 25.2. The van der Waals surface area contributed by atoms with E-state index in [-0.39, 0.29) is 23.3 Å². The highest BCUT2D eigenvalue weighted by Crippen LogP contribution is 2.32. The lowest BCUT2D eigenvalue weighted by molar-refractivity contribution is -0.115. The molecule has 1 fully saturated rings. The van der Waals surface area contributed by atoms with Crippen LogP contribution in [0.25, 0.3) is 0 Å². The molecular weight excluding hydrogens is 462 g/mol. The summed E-state index contributed by atoms with van der Waals surface area (Å²) in [5, 5.41) is 2.73. The van der Waals surface area contributed by atoms with E-state index in [4.69, 9.17) is 4.74 Å². The molecule has 8 heteroatoms. The first-order valence-electron chi connectivity index (χ1n) is 11.8. The van der Waals surface area contributed by atoms with Crippen LogP contribution in [0.2, 0.25) is 0 Å². The van der Waals surface area contributed by atoms with Crippen LogP contribution in [0.3, 0.4) is 0 Å². The number of hydrogen-bond donors (Lipinski definition) is 1. The maximum atomic E-state index is 13.5. The second kappa shape index (κ2) is 11.0. The quantitative estimate of drug-likeness (QED) is 0.510. The van der Waals surface area contributed by atoms with Crippen LogP contribution in [0.15, 0.2) is 83.8 Å². The van der Waals surface area contributed by atoms with E-state index in [0.717, 1.165) is 0 Å². The number of nitrogens with zero attached hydrogens (tertiary/aromatic N) is 2. The number of anilines is 1. The van der Waals surface area contributed by atoms with Crippen molar-refractivity contribution in [1.82, 2.24) is 9.21 Å². The van der Waals surface area contributed by atoms with Gasteiger partial charge in [-0.05, 0) is 29.3 Å². The van der Waals surface area contributed by atoms with Gasteiger partial charge >= 0.3 is 0 Å². The molecule has 1 saturated heterocycles. The molecule has 0 aliphatic carbocycles. The average molecular weight is 494 g/mol. The summed E-state index contributed by atoms with van der Waals surface area (Å²) in [5.41, 5.74) is 2.72. The molecule has 0 radical (unpaired) electrons. The second-order valence-electron chi connectivity index (χ2n) is 8.43. The fourth-order valence-corrected chi connectivity index (χ4v) is 5.87. The summed E-state index contributed by atoms with van der Waals surface area (Å²) >= 11 is 0. The van der Waals surface area contributed by atoms with E-state index in [1.807, 2.05) is 36.4 Å². The first-order chi connectivity index (χ1) is 16.9. The number of nitrogens with one attached hydrogen (secondary N) is 1. The van der Waals surface area contributed by atoms with Gasteiger partial charge in [0.05, 0.1) is 23.7 Å². The van der Waals surface area contributed by atoms with Crippen LogP contribution in [-0.4, -0.2) is 56.8 Å². The highest BCUT2D eigenvalue weighted by Gasteiger charge is 2.32. The largest absolute Gasteiger partial charge is 0.495 e. The Morgan fingerprint density at radius 1 is 0.914 bits per heavy atom. The van der Waals surface area contributed by atoms with E-state index >= 15 is 0 Å². The Hall–Kier alpha value is -3.20. The second-order valence-corrected chi connectivity index (χ2v) is 10.4. The molecule has 1 heterocycles. The number of hydrogen-bond acceptors (Lipinski definition) is 5. The molecular formula is C27H31N3O4S. The fourth-order valence-electron chi connectivity index (χ4n) is 4.42. The Kier molecular flexibility index (Phi) is 7.85. The van der Waals surface area contributed by atoms with E-state index in [1.165, 1.54) is 34.7 Å². The van der Waals surface area contributed by atoms with E-state index in [9.17, 15) is 13.2 Å². The standard InChI is InChI=1S/C27H31N3O4S/c1-3-26(31)28-24-20-23(14-15-25(24)34-2)35(32,33)30-18-16-29(17-19-30)27(21-10-6-4-7-11-21)22-12-8-5-9-13-22/h4-15,20,27H,3,16-19H2,1-2H3,(H,28,31). The lowest BCUT2D eigenvalue weighted by Gasteiger charge is -2.39. The third kappa shape index (κ3) is 5.56. The van der Waals surface area contributed by atoms with Crippen LogP contribution >= 0.6 is 0 Å². The normalized spacial score (nSPS) is 15.2. The van der Waals surface area contributed by atoms with Gasteiger partial charge in [-0.1, -0.05) is 67.6 Å². The minimum atomic E-state index is -3.73. The Bertz CT molecular complexity index is 1200. The van der Waals surface area contributed by atoms with E-state index in [0.29, 0.717) is 37.6 Å². The summed E-state index contributed by atoms with van der Waals surface area (Å²) in [6.07, 6.45) is 0.284. The van der Waals surface area contributed by atoms with Gasteiger partial charge in [0, 0.05) is 32.6 Å². The molecule has 1 N–H and O–H groups in total. The molecule has 0 atom stereocenters. The van der Waals surface area contributed by atoms with Crippen molar-refractivity contribution in [3.63, 3.8) is 0 Å². The number of rotatable bonds is 8. The predicted molar refractivity (Wildman–Crippen MR) is 137 cm³/mol. The highest BCUT2D eigenvalue weighted by atomic mass is 32.2. The summed E-state index contributed by atoms with van der Waals surface area (Å²) in [6.45, 7) is 3.69. The number of piperazine rings is 1. The van der Waals surface area contributed by atoms with Crippen molar-refractivity contribution in [2.24, 2.45) is 0 Å². The van der Waals surface area contributed by atoms with Crippen LogP contribution in [0.4, 0.5) is 5.69 Å². The molecule has 0 spiro atoms. The summed E-state index contributed by atoms with van der Waals surface area (Å²) in [4.78, 5) is 14.4. The van der Waals surface area contributed by atoms with Gasteiger partial charge in [-0.25, -0.2) is 8.42 Å². The zero-order chi connectivity index (χ0) is 24.8. The van der Waals surface area contributed by atoms with E-state index in [2.05, 4.69) is 34.5 Å². The van der Waals surface area contributed by atoms with Gasteiger partial charge in [-0.3, -0.25) is 9.69 Å². The van der Waals surface area contributed by atoms with Crippen LogP contribution < -0.4 is 10.1 Å². The van der Waals surface area contributed by atoms with Crippen molar-refractivity contribution in [2.45, 2.75) is 24.3 Å². The smallest absolute Gasteiger partial charge is 0.243 e. The Labute approximate surface area is 207 Å². The molecule has 184 valence electrons.